The van der Waals surface area contributed by atoms with Gasteiger partial charge in [0, 0.05) is 0 Å². The SMILES string of the molecule is O=C(O)OC1NC2(CCCCC2)SS1. The summed E-state index contributed by atoms with van der Waals surface area (Å²) in [7, 11) is 3.21. The molecular formula is C8H13NO3S2. The minimum Gasteiger partial charge on any atom is -0.450 e. The monoisotopic (exact) mass is 235 g/mol. The number of hydrogen-bond donors (Lipinski definition) is 2. The van der Waals surface area contributed by atoms with Crippen molar-refractivity contribution < 1.29 is 14.6 Å². The van der Waals surface area contributed by atoms with Crippen molar-refractivity contribution in [2.24, 2.45) is 0 Å². The molecule has 1 spiro atoms. The van der Waals surface area contributed by atoms with Crippen LogP contribution in [0.2, 0.25) is 0 Å². The highest BCUT2D eigenvalue weighted by atomic mass is 33.1. The van der Waals surface area contributed by atoms with Crippen LogP contribution in [0.15, 0.2) is 0 Å². The highest BCUT2D eigenvalue weighted by molar-refractivity contribution is 8.77. The molecule has 14 heavy (non-hydrogen) atoms. The van der Waals surface area contributed by atoms with Gasteiger partial charge >= 0.3 is 6.16 Å². The Bertz CT molecular complexity index is 231. The molecule has 1 heterocycles. The Morgan fingerprint density at radius 1 is 1.43 bits per heavy atom. The molecule has 1 aliphatic heterocycles. The molecule has 1 saturated carbocycles. The molecule has 1 unspecified atom stereocenters. The van der Waals surface area contributed by atoms with E-state index in [1.165, 1.54) is 30.1 Å². The summed E-state index contributed by atoms with van der Waals surface area (Å²) in [6.45, 7) is 0. The van der Waals surface area contributed by atoms with Crippen molar-refractivity contribution in [1.29, 1.82) is 0 Å². The lowest BCUT2D eigenvalue weighted by Gasteiger charge is -2.31. The van der Waals surface area contributed by atoms with Crippen LogP contribution >= 0.6 is 21.6 Å². The molecule has 2 rings (SSSR count). The first-order valence-electron chi connectivity index (χ1n) is 4.72. The molecule has 0 aromatic heterocycles. The van der Waals surface area contributed by atoms with Crippen LogP contribution in [0.25, 0.3) is 0 Å². The normalized spacial score (nSPS) is 30.4. The maximum absolute atomic E-state index is 10.3. The van der Waals surface area contributed by atoms with E-state index in [2.05, 4.69) is 10.1 Å². The van der Waals surface area contributed by atoms with Gasteiger partial charge in [0.1, 0.15) is 0 Å². The van der Waals surface area contributed by atoms with Gasteiger partial charge in [0.2, 0.25) is 5.56 Å². The average Bonchev–Trinajstić information content (AvgIpc) is 2.49. The van der Waals surface area contributed by atoms with Crippen molar-refractivity contribution in [2.75, 3.05) is 0 Å². The fourth-order valence-corrected chi connectivity index (χ4v) is 4.96. The van der Waals surface area contributed by atoms with Crippen LogP contribution in [0, 0.1) is 0 Å². The minimum absolute atomic E-state index is 0.0725. The van der Waals surface area contributed by atoms with Crippen LogP contribution in [-0.2, 0) is 4.74 Å². The molecule has 80 valence electrons. The second-order valence-electron chi connectivity index (χ2n) is 3.59. The minimum atomic E-state index is -1.21. The molecule has 0 amide bonds. The summed E-state index contributed by atoms with van der Waals surface area (Å²) >= 11 is 0. The molecule has 1 saturated heterocycles. The summed E-state index contributed by atoms with van der Waals surface area (Å²) < 4.78 is 4.69. The Labute approximate surface area is 90.5 Å². The fraction of sp³-hybridized carbons (Fsp3) is 0.875. The quantitative estimate of drug-likeness (QED) is 0.538. The van der Waals surface area contributed by atoms with Gasteiger partial charge in [-0.25, -0.2) is 4.79 Å². The van der Waals surface area contributed by atoms with Gasteiger partial charge in [-0.05, 0) is 23.6 Å². The van der Waals surface area contributed by atoms with Crippen molar-refractivity contribution in [3.05, 3.63) is 0 Å². The van der Waals surface area contributed by atoms with Gasteiger partial charge < -0.3 is 9.84 Å². The summed E-state index contributed by atoms with van der Waals surface area (Å²) in [5, 5.41) is 11.7. The topological polar surface area (TPSA) is 58.6 Å². The Balaban J connectivity index is 1.89. The highest BCUT2D eigenvalue weighted by Crippen LogP contribution is 2.51. The van der Waals surface area contributed by atoms with E-state index in [1.54, 1.807) is 10.8 Å². The Kier molecular flexibility index (Phi) is 3.14. The highest BCUT2D eigenvalue weighted by Gasteiger charge is 2.42. The lowest BCUT2D eigenvalue weighted by atomic mass is 9.95. The molecule has 0 radical (unpaired) electrons. The molecule has 2 aliphatic rings. The van der Waals surface area contributed by atoms with Crippen LogP contribution in [0.4, 0.5) is 4.79 Å². The van der Waals surface area contributed by atoms with Gasteiger partial charge in [-0.3, -0.25) is 5.32 Å². The number of rotatable bonds is 1. The van der Waals surface area contributed by atoms with E-state index < -0.39 is 11.7 Å². The molecule has 1 aliphatic carbocycles. The molecule has 6 heteroatoms. The first-order chi connectivity index (χ1) is 6.70. The van der Waals surface area contributed by atoms with Gasteiger partial charge in [-0.1, -0.05) is 30.1 Å². The van der Waals surface area contributed by atoms with Crippen LogP contribution in [0.3, 0.4) is 0 Å². The van der Waals surface area contributed by atoms with Crippen molar-refractivity contribution in [3.63, 3.8) is 0 Å². The second kappa shape index (κ2) is 4.20. The Morgan fingerprint density at radius 2 is 2.14 bits per heavy atom. The largest absolute Gasteiger partial charge is 0.508 e. The third-order valence-electron chi connectivity index (χ3n) is 2.55. The van der Waals surface area contributed by atoms with Crippen molar-refractivity contribution >= 4 is 27.7 Å². The predicted molar refractivity (Wildman–Crippen MR) is 57.0 cm³/mol. The number of carbonyl (C=O) groups is 1. The van der Waals surface area contributed by atoms with E-state index in [1.807, 2.05) is 0 Å². The molecule has 0 aromatic rings. The van der Waals surface area contributed by atoms with Gasteiger partial charge in [0.25, 0.3) is 0 Å². The summed E-state index contributed by atoms with van der Waals surface area (Å²) in [6, 6.07) is 0. The zero-order valence-corrected chi connectivity index (χ0v) is 9.33. The van der Waals surface area contributed by atoms with Gasteiger partial charge in [-0.2, -0.15) is 0 Å². The number of ether oxygens (including phenoxy) is 1. The molecule has 2 fully saturated rings. The zero-order chi connectivity index (χ0) is 10.0. The van der Waals surface area contributed by atoms with Crippen molar-refractivity contribution in [3.8, 4) is 0 Å². The number of nitrogens with one attached hydrogen (secondary N) is 1. The van der Waals surface area contributed by atoms with Crippen molar-refractivity contribution in [2.45, 2.75) is 42.5 Å². The van der Waals surface area contributed by atoms with Gasteiger partial charge in [-0.15, -0.1) is 0 Å². The summed E-state index contributed by atoms with van der Waals surface area (Å²) in [4.78, 5) is 10.4. The molecular weight excluding hydrogens is 222 g/mol. The second-order valence-corrected chi connectivity index (χ2v) is 6.24. The van der Waals surface area contributed by atoms with E-state index in [0.29, 0.717) is 0 Å². The zero-order valence-electron chi connectivity index (χ0n) is 7.69. The molecule has 2 N–H and O–H groups in total. The Hall–Kier alpha value is -0.0700. The lowest BCUT2D eigenvalue weighted by Crippen LogP contribution is -2.43. The molecule has 4 nitrogen and oxygen atoms in total. The third-order valence-corrected chi connectivity index (χ3v) is 5.65. The van der Waals surface area contributed by atoms with Crippen LogP contribution in [0.5, 0.6) is 0 Å². The van der Waals surface area contributed by atoms with Crippen LogP contribution < -0.4 is 5.32 Å². The maximum atomic E-state index is 10.3. The van der Waals surface area contributed by atoms with E-state index in [0.717, 1.165) is 12.8 Å². The van der Waals surface area contributed by atoms with E-state index in [-0.39, 0.29) is 4.87 Å². The first kappa shape index (κ1) is 10.4. The molecule has 1 atom stereocenters. The van der Waals surface area contributed by atoms with E-state index >= 15 is 0 Å². The van der Waals surface area contributed by atoms with Crippen LogP contribution in [0.1, 0.15) is 32.1 Å². The van der Waals surface area contributed by atoms with E-state index in [9.17, 15) is 4.79 Å². The van der Waals surface area contributed by atoms with Crippen molar-refractivity contribution in [1.82, 2.24) is 5.32 Å². The van der Waals surface area contributed by atoms with E-state index in [4.69, 9.17) is 5.11 Å². The maximum Gasteiger partial charge on any atom is 0.508 e. The Morgan fingerprint density at radius 3 is 2.79 bits per heavy atom. The standard InChI is InChI=1S/C8H13NO3S2/c10-7(11)12-6-9-8(14-13-6)4-2-1-3-5-8/h6,9H,1-5H2,(H,10,11). The predicted octanol–water partition coefficient (Wildman–Crippen LogP) is 2.61. The average molecular weight is 235 g/mol. The summed E-state index contributed by atoms with van der Waals surface area (Å²) in [6.07, 6.45) is 4.76. The fourth-order valence-electron chi connectivity index (χ4n) is 1.89. The number of carboxylic acid groups (broad SMARTS) is 1. The third kappa shape index (κ3) is 2.29. The van der Waals surface area contributed by atoms with Crippen LogP contribution in [-0.4, -0.2) is 21.7 Å². The molecule has 0 aromatic carbocycles. The summed E-state index contributed by atoms with van der Waals surface area (Å²) in [5.41, 5.74) is -0.393. The van der Waals surface area contributed by atoms with Gasteiger partial charge in [0.05, 0.1) is 4.87 Å². The molecule has 0 bridgehead atoms. The van der Waals surface area contributed by atoms with Gasteiger partial charge in [0.15, 0.2) is 0 Å². The summed E-state index contributed by atoms with van der Waals surface area (Å²) in [5.74, 6) is 0. The number of hydrogen-bond acceptors (Lipinski definition) is 5. The smallest absolute Gasteiger partial charge is 0.450 e. The lowest BCUT2D eigenvalue weighted by molar-refractivity contribution is 0.0653. The first-order valence-corrected chi connectivity index (χ1v) is 6.93.